The average molecular weight is 731 g/mol. The first-order valence-electron chi connectivity index (χ1n) is 18.5. The van der Waals surface area contributed by atoms with Crippen molar-refractivity contribution in [2.75, 3.05) is 60.7 Å². The quantitative estimate of drug-likeness (QED) is 0.293. The number of ether oxygens (including phenoxy) is 3. The van der Waals surface area contributed by atoms with Gasteiger partial charge in [0.15, 0.2) is 0 Å². The number of nitrogens with one attached hydrogen (secondary N) is 2. The fraction of sp³-hybridized carbons (Fsp3) is 0.550. The van der Waals surface area contributed by atoms with Crippen molar-refractivity contribution in [2.45, 2.75) is 63.8 Å². The van der Waals surface area contributed by atoms with Gasteiger partial charge in [0.05, 0.1) is 36.3 Å². The Bertz CT molecular complexity index is 2070. The molecule has 3 aromatic rings. The highest BCUT2D eigenvalue weighted by molar-refractivity contribution is 7.93. The number of aromatic nitrogens is 1. The molecule has 2 aromatic carbocycles. The van der Waals surface area contributed by atoms with E-state index in [0.717, 1.165) is 72.2 Å². The summed E-state index contributed by atoms with van der Waals surface area (Å²) in [6, 6.07) is 11.8. The Morgan fingerprint density at radius 3 is 2.29 bits per heavy atom. The number of carbonyl (C=O) groups is 2. The number of rotatable bonds is 10. The number of nitrogens with zero attached hydrogens (tertiary/aromatic N) is 2. The zero-order chi connectivity index (χ0) is 36.6. The van der Waals surface area contributed by atoms with Gasteiger partial charge in [0.2, 0.25) is 5.91 Å². The van der Waals surface area contributed by atoms with Crippen molar-refractivity contribution in [3.8, 4) is 17.0 Å². The molecule has 278 valence electrons. The highest BCUT2D eigenvalue weighted by Gasteiger charge is 2.68. The Kier molecular flexibility index (Phi) is 8.63. The van der Waals surface area contributed by atoms with Gasteiger partial charge in [0, 0.05) is 85.7 Å². The maximum atomic E-state index is 15.3. The molecule has 5 aliphatic rings. The molecule has 2 saturated heterocycles. The maximum Gasteiger partial charge on any atom is 0.265 e. The SMILES string of the molecule is C=C(C)S(=O)(=O)NC(=O)c1ccc2c(C3CCCCC3)c3n(c2c1)CC1(C(=O)N2C[C@@]4(COC)CNC[C@@]4(COC)C2)C[C@H]1c1cc(OC)ccc1-3. The first-order chi connectivity index (χ1) is 24.9. The highest BCUT2D eigenvalue weighted by atomic mass is 32.2. The minimum Gasteiger partial charge on any atom is -0.497 e. The van der Waals surface area contributed by atoms with Gasteiger partial charge in [-0.1, -0.05) is 31.9 Å². The predicted molar refractivity (Wildman–Crippen MR) is 199 cm³/mol. The van der Waals surface area contributed by atoms with Crippen LogP contribution in [0.25, 0.3) is 22.2 Å². The van der Waals surface area contributed by atoms with Gasteiger partial charge in [-0.2, -0.15) is 0 Å². The Morgan fingerprint density at radius 1 is 0.962 bits per heavy atom. The summed E-state index contributed by atoms with van der Waals surface area (Å²) in [5, 5.41) is 4.63. The third kappa shape index (κ3) is 5.27. The largest absolute Gasteiger partial charge is 0.497 e. The van der Waals surface area contributed by atoms with Crippen LogP contribution in [-0.2, 0) is 30.8 Å². The molecule has 11 nitrogen and oxygen atoms in total. The third-order valence-electron chi connectivity index (χ3n) is 13.1. The number of allylic oxidation sites excluding steroid dienone is 1. The molecule has 2 saturated carbocycles. The molecule has 3 aliphatic heterocycles. The monoisotopic (exact) mass is 730 g/mol. The molecule has 0 bridgehead atoms. The number of carbonyl (C=O) groups excluding carboxylic acids is 2. The van der Waals surface area contributed by atoms with Gasteiger partial charge in [-0.05, 0) is 73.6 Å². The average Bonchev–Trinajstić information content (AvgIpc) is 3.53. The maximum absolute atomic E-state index is 15.3. The van der Waals surface area contributed by atoms with Crippen LogP contribution in [0.3, 0.4) is 0 Å². The van der Waals surface area contributed by atoms with Gasteiger partial charge >= 0.3 is 0 Å². The van der Waals surface area contributed by atoms with E-state index < -0.39 is 21.3 Å². The van der Waals surface area contributed by atoms with E-state index in [-0.39, 0.29) is 33.1 Å². The van der Waals surface area contributed by atoms with Crippen LogP contribution in [0.4, 0.5) is 0 Å². The lowest BCUT2D eigenvalue weighted by Crippen LogP contribution is -2.46. The number of sulfonamides is 1. The molecule has 2 amide bonds. The molecular weight excluding hydrogens is 681 g/mol. The molecule has 2 N–H and O–H groups in total. The van der Waals surface area contributed by atoms with E-state index in [1.807, 2.05) is 18.2 Å². The van der Waals surface area contributed by atoms with E-state index in [1.54, 1.807) is 27.4 Å². The van der Waals surface area contributed by atoms with Crippen LogP contribution in [0.1, 0.15) is 78.8 Å². The topological polar surface area (TPSA) is 128 Å². The van der Waals surface area contributed by atoms with Crippen molar-refractivity contribution in [1.29, 1.82) is 0 Å². The van der Waals surface area contributed by atoms with E-state index in [9.17, 15) is 13.2 Å². The second-order valence-corrected chi connectivity index (χ2v) is 18.0. The molecule has 0 radical (unpaired) electrons. The summed E-state index contributed by atoms with van der Waals surface area (Å²) in [4.78, 5) is 30.7. The van der Waals surface area contributed by atoms with Crippen LogP contribution in [0.15, 0.2) is 47.9 Å². The molecule has 4 fully saturated rings. The Balaban J connectivity index is 1.29. The molecular formula is C40H50N4O7S. The smallest absolute Gasteiger partial charge is 0.265 e. The van der Waals surface area contributed by atoms with Crippen LogP contribution in [0, 0.1) is 16.2 Å². The van der Waals surface area contributed by atoms with Gasteiger partial charge in [0.25, 0.3) is 15.9 Å². The Labute approximate surface area is 306 Å². The minimum atomic E-state index is -4.02. The number of methoxy groups -OCH3 is 3. The van der Waals surface area contributed by atoms with Gasteiger partial charge in [-0.3, -0.25) is 9.59 Å². The van der Waals surface area contributed by atoms with E-state index in [4.69, 9.17) is 14.2 Å². The number of likely N-dealkylation sites (tertiary alicyclic amines) is 1. The lowest BCUT2D eigenvalue weighted by Gasteiger charge is -2.36. The zero-order valence-corrected chi connectivity index (χ0v) is 31.5. The summed E-state index contributed by atoms with van der Waals surface area (Å²) in [7, 11) is 1.11. The third-order valence-corrected chi connectivity index (χ3v) is 14.4. The van der Waals surface area contributed by atoms with Gasteiger partial charge < -0.3 is 29.0 Å². The fourth-order valence-corrected chi connectivity index (χ4v) is 10.9. The number of benzene rings is 2. The van der Waals surface area contributed by atoms with Crippen molar-refractivity contribution in [2.24, 2.45) is 16.2 Å². The Morgan fingerprint density at radius 2 is 1.65 bits per heavy atom. The van der Waals surface area contributed by atoms with E-state index in [0.29, 0.717) is 45.2 Å². The fourth-order valence-electron chi connectivity index (χ4n) is 10.4. The van der Waals surface area contributed by atoms with Crippen LogP contribution >= 0.6 is 0 Å². The standard InChI is InChI=1S/C40H50N4O7S/c1-25(2)52(47,48)42-36(45)27-11-13-30-33(15-27)44-22-40(37(46)43-20-38(23-49-3)18-41-19-39(38,21-43)24-50-4)17-32(40)31-16-28(51-5)12-14-29(31)35(44)34(30)26-9-7-6-8-10-26/h11-16,26,32,41H,1,6-10,17-24H2,2-5H3,(H,42,45)/t32-,38-,39+,40?/m0/s1. The van der Waals surface area contributed by atoms with E-state index in [1.165, 1.54) is 18.9 Å². The summed E-state index contributed by atoms with van der Waals surface area (Å²) >= 11 is 0. The number of hydrogen-bond acceptors (Lipinski definition) is 8. The first kappa shape index (κ1) is 35.3. The molecule has 12 heteroatoms. The van der Waals surface area contributed by atoms with Gasteiger partial charge in [-0.15, -0.1) is 0 Å². The number of amides is 2. The normalized spacial score (nSPS) is 28.1. The second-order valence-electron chi connectivity index (χ2n) is 16.1. The van der Waals surface area contributed by atoms with Gasteiger partial charge in [-0.25, -0.2) is 13.1 Å². The first-order valence-corrected chi connectivity index (χ1v) is 20.0. The molecule has 0 spiro atoms. The molecule has 1 aromatic heterocycles. The summed E-state index contributed by atoms with van der Waals surface area (Å²) in [6.07, 6.45) is 6.33. The van der Waals surface area contributed by atoms with Crippen molar-refractivity contribution >= 4 is 32.7 Å². The predicted octanol–water partition coefficient (Wildman–Crippen LogP) is 5.16. The summed E-state index contributed by atoms with van der Waals surface area (Å²) in [5.41, 5.74) is 4.42. The van der Waals surface area contributed by atoms with Crippen molar-refractivity contribution in [1.82, 2.24) is 19.5 Å². The summed E-state index contributed by atoms with van der Waals surface area (Å²) in [6.45, 7) is 9.09. The van der Waals surface area contributed by atoms with Crippen LogP contribution in [0.2, 0.25) is 0 Å². The lowest BCUT2D eigenvalue weighted by molar-refractivity contribution is -0.137. The second kappa shape index (κ2) is 12.7. The van der Waals surface area contributed by atoms with Crippen molar-refractivity contribution < 1.29 is 32.2 Å². The van der Waals surface area contributed by atoms with Crippen LogP contribution in [0.5, 0.6) is 5.75 Å². The van der Waals surface area contributed by atoms with E-state index in [2.05, 4.69) is 38.2 Å². The molecule has 2 aliphatic carbocycles. The molecule has 4 heterocycles. The summed E-state index contributed by atoms with van der Waals surface area (Å²) in [5.74, 6) is 0.495. The molecule has 1 unspecified atom stereocenters. The number of hydrogen-bond donors (Lipinski definition) is 2. The summed E-state index contributed by atoms with van der Waals surface area (Å²) < 4.78 is 47.1. The highest BCUT2D eigenvalue weighted by Crippen LogP contribution is 2.67. The minimum absolute atomic E-state index is 0.0123. The molecule has 8 rings (SSSR count). The van der Waals surface area contributed by atoms with Crippen LogP contribution in [-0.4, -0.2) is 90.4 Å². The van der Waals surface area contributed by atoms with E-state index >= 15 is 4.79 Å². The van der Waals surface area contributed by atoms with Gasteiger partial charge in [0.1, 0.15) is 5.75 Å². The Hall–Kier alpha value is -3.71. The molecule has 4 atom stereocenters. The molecule has 52 heavy (non-hydrogen) atoms. The van der Waals surface area contributed by atoms with Crippen LogP contribution < -0.4 is 14.8 Å². The van der Waals surface area contributed by atoms with Crippen molar-refractivity contribution in [3.63, 3.8) is 0 Å². The zero-order valence-electron chi connectivity index (χ0n) is 30.7. The lowest BCUT2D eigenvalue weighted by atomic mass is 9.69. The van der Waals surface area contributed by atoms with Crippen molar-refractivity contribution in [3.05, 3.63) is 64.6 Å². The number of fused-ring (bicyclic) bond motifs is 8.